The summed E-state index contributed by atoms with van der Waals surface area (Å²) in [5.41, 5.74) is 6.00. The molecule has 208 valence electrons. The van der Waals surface area contributed by atoms with E-state index in [1.807, 2.05) is 0 Å². The minimum absolute atomic E-state index is 0.821. The Bertz CT molecular complexity index is 1380. The zero-order valence-corrected chi connectivity index (χ0v) is 22.6. The molecule has 2 N–H and O–H groups in total. The van der Waals surface area contributed by atoms with E-state index in [0.29, 0.717) is 0 Å². The summed E-state index contributed by atoms with van der Waals surface area (Å²) in [6.45, 7) is 9.48. The van der Waals surface area contributed by atoms with Crippen molar-refractivity contribution >= 4 is 28.3 Å². The number of hydrogen-bond donors (Lipinski definition) is 2. The highest BCUT2D eigenvalue weighted by Crippen LogP contribution is 2.34. The Labute approximate surface area is 228 Å². The summed E-state index contributed by atoms with van der Waals surface area (Å²) < 4.78 is 36.9. The van der Waals surface area contributed by atoms with Gasteiger partial charge in [-0.2, -0.15) is 13.2 Å². The molecule has 11 heteroatoms. The number of hydrogen-bond acceptors (Lipinski definition) is 6. The molecular formula is C28H31F3N4O3S. The SMILES string of the molecule is COCCN1CCN(Cc2ccc(-c3ccc(-c4nc5c(C)cccc5[nH]4)s3)cc2)CC1.O=C(O)C(F)(F)F. The van der Waals surface area contributed by atoms with Crippen LogP contribution in [0, 0.1) is 6.92 Å². The van der Waals surface area contributed by atoms with Crippen molar-refractivity contribution in [1.29, 1.82) is 0 Å². The quantitative estimate of drug-likeness (QED) is 0.304. The Hall–Kier alpha value is -3.25. The highest BCUT2D eigenvalue weighted by atomic mass is 32.1. The van der Waals surface area contributed by atoms with E-state index in [0.717, 1.165) is 62.7 Å². The van der Waals surface area contributed by atoms with E-state index in [-0.39, 0.29) is 0 Å². The van der Waals surface area contributed by atoms with Crippen LogP contribution >= 0.6 is 11.3 Å². The van der Waals surface area contributed by atoms with Crippen LogP contribution in [0.2, 0.25) is 0 Å². The van der Waals surface area contributed by atoms with Crippen molar-refractivity contribution in [1.82, 2.24) is 19.8 Å². The van der Waals surface area contributed by atoms with Gasteiger partial charge in [0, 0.05) is 51.3 Å². The lowest BCUT2D eigenvalue weighted by atomic mass is 10.1. The number of fused-ring (bicyclic) bond motifs is 1. The van der Waals surface area contributed by atoms with Gasteiger partial charge in [0.05, 0.1) is 22.5 Å². The summed E-state index contributed by atoms with van der Waals surface area (Å²) in [5, 5.41) is 7.12. The van der Waals surface area contributed by atoms with Crippen LogP contribution in [0.15, 0.2) is 54.6 Å². The van der Waals surface area contributed by atoms with E-state index < -0.39 is 12.1 Å². The van der Waals surface area contributed by atoms with Crippen molar-refractivity contribution < 1.29 is 27.8 Å². The normalized spacial score (nSPS) is 14.8. The molecule has 0 spiro atoms. The van der Waals surface area contributed by atoms with Gasteiger partial charge in [0.2, 0.25) is 0 Å². The van der Waals surface area contributed by atoms with E-state index in [9.17, 15) is 13.2 Å². The summed E-state index contributed by atoms with van der Waals surface area (Å²) in [7, 11) is 1.77. The smallest absolute Gasteiger partial charge is 0.475 e. The minimum Gasteiger partial charge on any atom is -0.475 e. The standard InChI is InChI=1S/C26H30N4OS.C2HF3O2/c1-19-4-3-5-22-25(19)28-26(27-22)24-11-10-23(32-24)21-8-6-20(7-9-21)18-30-14-12-29(13-15-30)16-17-31-2;3-2(4,5)1(6)7/h3-11H,12-18H2,1-2H3,(H,27,28);(H,6,7). The Kier molecular flexibility index (Phi) is 9.39. The van der Waals surface area contributed by atoms with Crippen LogP contribution in [-0.4, -0.2) is 83.5 Å². The molecule has 39 heavy (non-hydrogen) atoms. The van der Waals surface area contributed by atoms with Crippen molar-refractivity contribution in [2.75, 3.05) is 46.4 Å². The molecule has 1 fully saturated rings. The number of alkyl halides is 3. The van der Waals surface area contributed by atoms with Gasteiger partial charge in [-0.3, -0.25) is 9.80 Å². The number of carboxylic acids is 1. The van der Waals surface area contributed by atoms with E-state index in [2.05, 4.69) is 76.3 Å². The Balaban J connectivity index is 0.000000448. The number of aliphatic carboxylic acids is 1. The van der Waals surface area contributed by atoms with E-state index in [1.54, 1.807) is 18.4 Å². The van der Waals surface area contributed by atoms with Gasteiger partial charge in [-0.05, 0) is 41.8 Å². The molecular weight excluding hydrogens is 529 g/mol. The first-order valence-electron chi connectivity index (χ1n) is 12.5. The fourth-order valence-corrected chi connectivity index (χ4v) is 5.29. The highest BCUT2D eigenvalue weighted by Gasteiger charge is 2.38. The van der Waals surface area contributed by atoms with Gasteiger partial charge < -0.3 is 14.8 Å². The van der Waals surface area contributed by atoms with Gasteiger partial charge in [-0.1, -0.05) is 36.4 Å². The summed E-state index contributed by atoms with van der Waals surface area (Å²) >= 11 is 1.79. The number of aromatic nitrogens is 2. The molecule has 0 radical (unpaired) electrons. The maximum absolute atomic E-state index is 10.6. The van der Waals surface area contributed by atoms with Crippen molar-refractivity contribution in [2.24, 2.45) is 0 Å². The number of para-hydroxylation sites is 1. The maximum atomic E-state index is 10.6. The number of methoxy groups -OCH3 is 1. The van der Waals surface area contributed by atoms with Gasteiger partial charge in [-0.15, -0.1) is 11.3 Å². The van der Waals surface area contributed by atoms with Crippen molar-refractivity contribution in [3.8, 4) is 21.1 Å². The van der Waals surface area contributed by atoms with Crippen LogP contribution in [0.3, 0.4) is 0 Å². The summed E-state index contributed by atoms with van der Waals surface area (Å²) in [4.78, 5) is 24.7. The maximum Gasteiger partial charge on any atom is 0.490 e. The number of piperazine rings is 1. The summed E-state index contributed by atoms with van der Waals surface area (Å²) in [6, 6.07) is 19.7. The molecule has 2 aromatic heterocycles. The number of halogens is 3. The zero-order valence-electron chi connectivity index (χ0n) is 21.8. The van der Waals surface area contributed by atoms with Crippen LogP contribution in [0.4, 0.5) is 13.2 Å². The third-order valence-electron chi connectivity index (χ3n) is 6.52. The molecule has 2 aromatic carbocycles. The molecule has 1 aliphatic heterocycles. The number of H-pyrrole nitrogens is 1. The van der Waals surface area contributed by atoms with Gasteiger partial charge in [-0.25, -0.2) is 9.78 Å². The van der Waals surface area contributed by atoms with Gasteiger partial charge in [0.15, 0.2) is 0 Å². The first-order chi connectivity index (χ1) is 18.6. The molecule has 7 nitrogen and oxygen atoms in total. The molecule has 0 bridgehead atoms. The van der Waals surface area contributed by atoms with Crippen LogP contribution in [-0.2, 0) is 16.1 Å². The number of aromatic amines is 1. The highest BCUT2D eigenvalue weighted by molar-refractivity contribution is 7.18. The number of nitrogens with zero attached hydrogens (tertiary/aromatic N) is 3. The average molecular weight is 561 g/mol. The molecule has 3 heterocycles. The molecule has 0 atom stereocenters. The number of carboxylic acid groups (broad SMARTS) is 1. The second kappa shape index (κ2) is 12.7. The predicted molar refractivity (Wildman–Crippen MR) is 147 cm³/mol. The summed E-state index contributed by atoms with van der Waals surface area (Å²) in [5.74, 6) is -1.81. The topological polar surface area (TPSA) is 81.7 Å². The lowest BCUT2D eigenvalue weighted by molar-refractivity contribution is -0.192. The first-order valence-corrected chi connectivity index (χ1v) is 13.3. The summed E-state index contributed by atoms with van der Waals surface area (Å²) in [6.07, 6.45) is -5.08. The minimum atomic E-state index is -5.08. The molecule has 5 rings (SSSR count). The third kappa shape index (κ3) is 7.66. The van der Waals surface area contributed by atoms with Crippen molar-refractivity contribution in [3.05, 3.63) is 65.7 Å². The fraction of sp³-hybridized carbons (Fsp3) is 0.357. The van der Waals surface area contributed by atoms with E-state index >= 15 is 0 Å². The van der Waals surface area contributed by atoms with Crippen molar-refractivity contribution in [2.45, 2.75) is 19.6 Å². The lowest BCUT2D eigenvalue weighted by Gasteiger charge is -2.34. The van der Waals surface area contributed by atoms with E-state index in [4.69, 9.17) is 19.6 Å². The van der Waals surface area contributed by atoms with Crippen LogP contribution in [0.1, 0.15) is 11.1 Å². The van der Waals surface area contributed by atoms with Gasteiger partial charge in [0.1, 0.15) is 5.82 Å². The molecule has 0 saturated carbocycles. The van der Waals surface area contributed by atoms with Crippen molar-refractivity contribution in [3.63, 3.8) is 0 Å². The number of aryl methyl sites for hydroxylation is 1. The second-order valence-corrected chi connectivity index (χ2v) is 10.4. The Morgan fingerprint density at radius 3 is 2.28 bits per heavy atom. The molecule has 0 amide bonds. The number of benzene rings is 2. The molecule has 4 aromatic rings. The third-order valence-corrected chi connectivity index (χ3v) is 7.66. The number of rotatable bonds is 7. The Morgan fingerprint density at radius 1 is 1.03 bits per heavy atom. The van der Waals surface area contributed by atoms with Gasteiger partial charge >= 0.3 is 12.1 Å². The molecule has 1 saturated heterocycles. The number of thiophene rings is 1. The zero-order chi connectivity index (χ0) is 28.0. The molecule has 0 unspecified atom stereocenters. The fourth-order valence-electron chi connectivity index (χ4n) is 4.34. The number of imidazole rings is 1. The largest absolute Gasteiger partial charge is 0.490 e. The Morgan fingerprint density at radius 2 is 1.67 bits per heavy atom. The number of ether oxygens (including phenoxy) is 1. The molecule has 1 aliphatic rings. The van der Waals surface area contributed by atoms with Crippen LogP contribution < -0.4 is 0 Å². The monoisotopic (exact) mass is 560 g/mol. The van der Waals surface area contributed by atoms with Crippen LogP contribution in [0.25, 0.3) is 32.2 Å². The lowest BCUT2D eigenvalue weighted by Crippen LogP contribution is -2.46. The average Bonchev–Trinajstić information content (AvgIpc) is 3.57. The predicted octanol–water partition coefficient (Wildman–Crippen LogP) is 5.66. The second-order valence-electron chi connectivity index (χ2n) is 9.33. The van der Waals surface area contributed by atoms with Crippen LogP contribution in [0.5, 0.6) is 0 Å². The molecule has 0 aliphatic carbocycles. The number of nitrogens with one attached hydrogen (secondary N) is 1. The van der Waals surface area contributed by atoms with E-state index in [1.165, 1.54) is 26.4 Å². The first kappa shape index (κ1) is 28.8. The number of carbonyl (C=O) groups is 1. The van der Waals surface area contributed by atoms with Gasteiger partial charge in [0.25, 0.3) is 0 Å².